The Bertz CT molecular complexity index is 656. The zero-order valence-electron chi connectivity index (χ0n) is 8.52. The zero-order chi connectivity index (χ0) is 11.9. The highest BCUT2D eigenvalue weighted by Gasteiger charge is 2.10. The molecule has 0 saturated heterocycles. The molecule has 1 heterocycles. The lowest BCUT2D eigenvalue weighted by Gasteiger charge is -2.00. The summed E-state index contributed by atoms with van der Waals surface area (Å²) in [7, 11) is 1.32. The van der Waals surface area contributed by atoms with Crippen LogP contribution in [0.4, 0.5) is 0 Å². The molecule has 0 bridgehead atoms. The van der Waals surface area contributed by atoms with Gasteiger partial charge in [-0.05, 0) is 18.2 Å². The van der Waals surface area contributed by atoms with Crippen molar-refractivity contribution in [2.45, 2.75) is 0 Å². The van der Waals surface area contributed by atoms with Crippen molar-refractivity contribution in [3.8, 4) is 5.69 Å². The summed E-state index contributed by atoms with van der Waals surface area (Å²) in [6.07, 6.45) is 0. The summed E-state index contributed by atoms with van der Waals surface area (Å²) < 4.78 is 6.44. The number of halogens is 3. The van der Waals surface area contributed by atoms with Gasteiger partial charge in [0, 0.05) is 7.05 Å². The molecule has 0 unspecified atom stereocenters. The molecular weight excluding hydrogens is 290 g/mol. The molecule has 0 aliphatic rings. The topological polar surface area (TPSA) is 57.1 Å². The minimum Gasteiger partial charge on any atom is -0.312 e. The highest BCUT2D eigenvalue weighted by molar-refractivity contribution is 6.42. The Kier molecular flexibility index (Phi) is 4.08. The largest absolute Gasteiger partial charge is 0.442 e. The van der Waals surface area contributed by atoms with E-state index >= 15 is 0 Å². The third-order valence-electron chi connectivity index (χ3n) is 2.04. The molecule has 0 aliphatic heterocycles. The quantitative estimate of drug-likeness (QED) is 0.807. The maximum atomic E-state index is 11.5. The number of benzene rings is 1. The van der Waals surface area contributed by atoms with E-state index in [1.165, 1.54) is 25.2 Å². The van der Waals surface area contributed by atoms with Gasteiger partial charge in [-0.15, -0.1) is 17.1 Å². The minimum absolute atomic E-state index is 0. The number of nitrogens with zero attached hydrogens (tertiary/aromatic N) is 2. The highest BCUT2D eigenvalue weighted by atomic mass is 35.5. The van der Waals surface area contributed by atoms with Crippen molar-refractivity contribution in [1.82, 2.24) is 9.31 Å². The van der Waals surface area contributed by atoms with Crippen molar-refractivity contribution in [2.75, 3.05) is 0 Å². The lowest BCUT2D eigenvalue weighted by atomic mass is 10.3. The van der Waals surface area contributed by atoms with Crippen LogP contribution in [0.5, 0.6) is 0 Å². The fourth-order valence-electron chi connectivity index (χ4n) is 1.17. The first-order valence-electron chi connectivity index (χ1n) is 4.25. The Morgan fingerprint density at radius 1 is 1.18 bits per heavy atom. The van der Waals surface area contributed by atoms with Gasteiger partial charge < -0.3 is 4.52 Å². The van der Waals surface area contributed by atoms with E-state index < -0.39 is 11.4 Å². The van der Waals surface area contributed by atoms with Gasteiger partial charge in [0.1, 0.15) is 0 Å². The maximum Gasteiger partial charge on any atom is 0.442 e. The molecule has 0 amide bonds. The molecular formula is C9H7Cl3N2O3. The molecule has 0 spiro atoms. The molecule has 2 rings (SSSR count). The Hall–Kier alpha value is -1.17. The van der Waals surface area contributed by atoms with Crippen LogP contribution in [0.1, 0.15) is 0 Å². The van der Waals surface area contributed by atoms with Crippen molar-refractivity contribution in [2.24, 2.45) is 7.05 Å². The molecule has 0 saturated carbocycles. The fraction of sp³-hybridized carbons (Fsp3) is 0.111. The second kappa shape index (κ2) is 5.00. The molecule has 0 fully saturated rings. The number of hydrogen-bond acceptors (Lipinski definition) is 3. The smallest absolute Gasteiger partial charge is 0.312 e. The predicted octanol–water partition coefficient (Wildman–Crippen LogP) is 1.86. The van der Waals surface area contributed by atoms with Crippen LogP contribution < -0.4 is 11.4 Å². The summed E-state index contributed by atoms with van der Waals surface area (Å²) >= 11 is 11.5. The van der Waals surface area contributed by atoms with E-state index in [-0.39, 0.29) is 17.4 Å². The third kappa shape index (κ3) is 2.41. The van der Waals surface area contributed by atoms with E-state index in [2.05, 4.69) is 0 Å². The second-order valence-corrected chi connectivity index (χ2v) is 3.91. The van der Waals surface area contributed by atoms with Crippen LogP contribution in [0.25, 0.3) is 5.69 Å². The van der Waals surface area contributed by atoms with Crippen molar-refractivity contribution < 1.29 is 4.52 Å². The average Bonchev–Trinajstić information content (AvgIpc) is 2.50. The molecule has 0 N–H and O–H groups in total. The first-order valence-corrected chi connectivity index (χ1v) is 5.01. The maximum absolute atomic E-state index is 11.5. The molecule has 92 valence electrons. The second-order valence-electron chi connectivity index (χ2n) is 3.09. The fourth-order valence-corrected chi connectivity index (χ4v) is 1.46. The molecule has 1 aromatic heterocycles. The lowest BCUT2D eigenvalue weighted by Crippen LogP contribution is -2.25. The van der Waals surface area contributed by atoms with Gasteiger partial charge in [0.2, 0.25) is 0 Å². The van der Waals surface area contributed by atoms with Crippen LogP contribution in [0, 0.1) is 0 Å². The van der Waals surface area contributed by atoms with Crippen molar-refractivity contribution in [1.29, 1.82) is 0 Å². The van der Waals surface area contributed by atoms with Gasteiger partial charge in [-0.2, -0.15) is 0 Å². The van der Waals surface area contributed by atoms with Crippen LogP contribution in [-0.4, -0.2) is 9.31 Å². The Morgan fingerprint density at radius 3 is 2.29 bits per heavy atom. The van der Waals surface area contributed by atoms with Gasteiger partial charge in [-0.25, -0.2) is 14.2 Å². The molecule has 1 aromatic carbocycles. The SMILES string of the molecule is Cl.Cn1c(=O)on(-c2ccc(Cl)c(Cl)c2)c1=O. The summed E-state index contributed by atoms with van der Waals surface area (Å²) in [5.74, 6) is -0.740. The van der Waals surface area contributed by atoms with E-state index in [1.54, 1.807) is 0 Å². The first-order chi connectivity index (χ1) is 7.50. The minimum atomic E-state index is -0.740. The molecule has 2 aromatic rings. The predicted molar refractivity (Wildman–Crippen MR) is 66.8 cm³/mol. The van der Waals surface area contributed by atoms with Crippen molar-refractivity contribution in [3.63, 3.8) is 0 Å². The van der Waals surface area contributed by atoms with Gasteiger partial charge in [-0.3, -0.25) is 0 Å². The highest BCUT2D eigenvalue weighted by Crippen LogP contribution is 2.23. The molecule has 5 nitrogen and oxygen atoms in total. The Labute approximate surface area is 112 Å². The van der Waals surface area contributed by atoms with Gasteiger partial charge >= 0.3 is 11.4 Å². The molecule has 17 heavy (non-hydrogen) atoms. The summed E-state index contributed by atoms with van der Waals surface area (Å²) in [6.45, 7) is 0. The van der Waals surface area contributed by atoms with E-state index in [1.807, 2.05) is 0 Å². The number of aromatic nitrogens is 2. The van der Waals surface area contributed by atoms with E-state index in [0.717, 1.165) is 9.31 Å². The van der Waals surface area contributed by atoms with Crippen LogP contribution in [0.15, 0.2) is 32.3 Å². The third-order valence-corrected chi connectivity index (χ3v) is 2.78. The number of hydrogen-bond donors (Lipinski definition) is 0. The lowest BCUT2D eigenvalue weighted by molar-refractivity contribution is 0.312. The molecule has 0 atom stereocenters. The monoisotopic (exact) mass is 296 g/mol. The van der Waals surface area contributed by atoms with Crippen LogP contribution in [0.2, 0.25) is 10.0 Å². The van der Waals surface area contributed by atoms with Crippen molar-refractivity contribution in [3.05, 3.63) is 49.3 Å². The van der Waals surface area contributed by atoms with Gasteiger partial charge in [0.05, 0.1) is 15.7 Å². The molecule has 0 radical (unpaired) electrons. The Morgan fingerprint density at radius 2 is 1.82 bits per heavy atom. The van der Waals surface area contributed by atoms with Crippen LogP contribution >= 0.6 is 35.6 Å². The van der Waals surface area contributed by atoms with Crippen LogP contribution in [0.3, 0.4) is 0 Å². The van der Waals surface area contributed by atoms with Gasteiger partial charge in [0.25, 0.3) is 0 Å². The zero-order valence-corrected chi connectivity index (χ0v) is 10.8. The summed E-state index contributed by atoms with van der Waals surface area (Å²) in [5, 5.41) is 0.634. The van der Waals surface area contributed by atoms with E-state index in [9.17, 15) is 9.59 Å². The van der Waals surface area contributed by atoms with Gasteiger partial charge in [0.15, 0.2) is 0 Å². The summed E-state index contributed by atoms with van der Waals surface area (Å²) in [6, 6.07) is 4.48. The first kappa shape index (κ1) is 13.9. The average molecular weight is 298 g/mol. The molecule has 8 heteroatoms. The summed E-state index contributed by atoms with van der Waals surface area (Å²) in [5.41, 5.74) is -0.236. The molecule has 0 aliphatic carbocycles. The van der Waals surface area contributed by atoms with E-state index in [0.29, 0.717) is 10.7 Å². The van der Waals surface area contributed by atoms with Gasteiger partial charge in [-0.1, -0.05) is 23.2 Å². The van der Waals surface area contributed by atoms with Crippen LogP contribution in [-0.2, 0) is 7.05 Å². The van der Waals surface area contributed by atoms with E-state index in [4.69, 9.17) is 27.7 Å². The standard InChI is InChI=1S/C9H6Cl2N2O3.ClH/c1-12-8(14)13(16-9(12)15)5-2-3-6(10)7(11)4-5;/h2-4H,1H3;1H. The Balaban J connectivity index is 0.00000144. The normalized spacial score (nSPS) is 10.1. The number of rotatable bonds is 1. The summed E-state index contributed by atoms with van der Waals surface area (Å²) in [4.78, 5) is 22.6. The van der Waals surface area contributed by atoms with Crippen molar-refractivity contribution >= 4 is 35.6 Å².